The number of rotatable bonds is 11. The van der Waals surface area contributed by atoms with Crippen molar-refractivity contribution < 1.29 is 32.2 Å². The van der Waals surface area contributed by atoms with Crippen LogP contribution < -0.4 is 23.8 Å². The predicted molar refractivity (Wildman–Crippen MR) is 131 cm³/mol. The number of carbonyl (C=O) groups is 2. The number of benzene rings is 2. The maximum atomic E-state index is 13.6. The van der Waals surface area contributed by atoms with Gasteiger partial charge in [0.2, 0.25) is 28.6 Å². The second-order valence-corrected chi connectivity index (χ2v) is 10.0. The molecule has 1 aliphatic heterocycles. The van der Waals surface area contributed by atoms with Crippen LogP contribution in [0.1, 0.15) is 25.8 Å². The fourth-order valence-corrected chi connectivity index (χ4v) is 4.83. The first-order valence-corrected chi connectivity index (χ1v) is 12.9. The molecule has 0 aromatic heterocycles. The second-order valence-electron chi connectivity index (χ2n) is 7.85. The average Bonchev–Trinajstić information content (AvgIpc) is 3.35. The lowest BCUT2D eigenvalue weighted by atomic mass is 10.1. The number of methoxy groups -OCH3 is 1. The Morgan fingerprint density at radius 2 is 1.77 bits per heavy atom. The van der Waals surface area contributed by atoms with Gasteiger partial charge in [-0.2, -0.15) is 0 Å². The third-order valence-electron chi connectivity index (χ3n) is 5.77. The van der Waals surface area contributed by atoms with E-state index in [0.29, 0.717) is 23.7 Å². The van der Waals surface area contributed by atoms with Gasteiger partial charge in [-0.1, -0.05) is 19.1 Å². The largest absolute Gasteiger partial charge is 0.497 e. The van der Waals surface area contributed by atoms with Crippen LogP contribution in [-0.4, -0.2) is 64.4 Å². The molecule has 2 aromatic rings. The standard InChI is InChI=1S/C24H31N3O7S/c1-5-20(24(29)25-3)26(14-17-7-10-19(32-4)11-8-17)23(28)15-27(35(30,31)6-2)18-9-12-21-22(13-18)34-16-33-21/h7-13,20H,5-6,14-16H2,1-4H3,(H,25,29). The van der Waals surface area contributed by atoms with Crippen LogP contribution in [0, 0.1) is 0 Å². The first-order valence-electron chi connectivity index (χ1n) is 11.3. The van der Waals surface area contributed by atoms with Gasteiger partial charge in [-0.05, 0) is 43.2 Å². The molecule has 1 aliphatic rings. The average molecular weight is 506 g/mol. The molecule has 1 unspecified atom stereocenters. The number of ether oxygens (including phenoxy) is 3. The van der Waals surface area contributed by atoms with E-state index < -0.39 is 28.5 Å². The molecule has 1 atom stereocenters. The molecule has 0 fully saturated rings. The van der Waals surface area contributed by atoms with Gasteiger partial charge in [0.15, 0.2) is 11.5 Å². The molecule has 3 rings (SSSR count). The number of fused-ring (bicyclic) bond motifs is 1. The molecule has 0 bridgehead atoms. The van der Waals surface area contributed by atoms with Gasteiger partial charge in [0.05, 0.1) is 18.6 Å². The number of carbonyl (C=O) groups excluding carboxylic acids is 2. The zero-order valence-electron chi connectivity index (χ0n) is 20.3. The van der Waals surface area contributed by atoms with Crippen LogP contribution in [0.15, 0.2) is 42.5 Å². The van der Waals surface area contributed by atoms with E-state index in [1.165, 1.54) is 24.9 Å². The molecule has 1 N–H and O–H groups in total. The third-order valence-corrected chi connectivity index (χ3v) is 7.51. The van der Waals surface area contributed by atoms with E-state index in [-0.39, 0.29) is 30.7 Å². The second kappa shape index (κ2) is 11.3. The van der Waals surface area contributed by atoms with E-state index in [9.17, 15) is 18.0 Å². The first-order chi connectivity index (χ1) is 16.7. The number of likely N-dealkylation sites (N-methyl/N-ethyl adjacent to an activating group) is 1. The Kier molecular flexibility index (Phi) is 8.44. The van der Waals surface area contributed by atoms with E-state index in [1.807, 2.05) is 0 Å². The monoisotopic (exact) mass is 505 g/mol. The molecular weight excluding hydrogens is 474 g/mol. The number of hydrogen-bond donors (Lipinski definition) is 1. The Morgan fingerprint density at radius 1 is 1.09 bits per heavy atom. The molecule has 0 aliphatic carbocycles. The fourth-order valence-electron chi connectivity index (χ4n) is 3.77. The summed E-state index contributed by atoms with van der Waals surface area (Å²) in [4.78, 5) is 27.7. The summed E-state index contributed by atoms with van der Waals surface area (Å²) in [6.07, 6.45) is 0.353. The van der Waals surface area contributed by atoms with Gasteiger partial charge >= 0.3 is 0 Å². The lowest BCUT2D eigenvalue weighted by Gasteiger charge is -2.33. The molecule has 0 spiro atoms. The lowest BCUT2D eigenvalue weighted by Crippen LogP contribution is -2.52. The molecule has 11 heteroatoms. The smallest absolute Gasteiger partial charge is 0.244 e. The van der Waals surface area contributed by atoms with E-state index in [0.717, 1.165) is 9.87 Å². The van der Waals surface area contributed by atoms with Gasteiger partial charge in [0, 0.05) is 19.7 Å². The molecule has 0 radical (unpaired) electrons. The van der Waals surface area contributed by atoms with Gasteiger partial charge in [0.25, 0.3) is 0 Å². The summed E-state index contributed by atoms with van der Waals surface area (Å²) in [5.41, 5.74) is 1.05. The SMILES string of the molecule is CCC(C(=O)NC)N(Cc1ccc(OC)cc1)C(=O)CN(c1ccc2c(c1)OCO2)S(=O)(=O)CC. The lowest BCUT2D eigenvalue weighted by molar-refractivity contribution is -0.140. The number of nitrogens with one attached hydrogen (secondary N) is 1. The summed E-state index contributed by atoms with van der Waals surface area (Å²) in [6, 6.07) is 11.1. The summed E-state index contributed by atoms with van der Waals surface area (Å²) in [7, 11) is -0.768. The molecule has 0 saturated heterocycles. The van der Waals surface area contributed by atoms with Crippen molar-refractivity contribution in [2.75, 3.05) is 37.6 Å². The maximum absolute atomic E-state index is 13.6. The topological polar surface area (TPSA) is 114 Å². The van der Waals surface area contributed by atoms with Crippen molar-refractivity contribution in [3.63, 3.8) is 0 Å². The predicted octanol–water partition coefficient (Wildman–Crippen LogP) is 2.13. The highest BCUT2D eigenvalue weighted by atomic mass is 32.2. The highest BCUT2D eigenvalue weighted by molar-refractivity contribution is 7.92. The number of sulfonamides is 1. The van der Waals surface area contributed by atoms with Crippen molar-refractivity contribution in [2.24, 2.45) is 0 Å². The third kappa shape index (κ3) is 5.97. The van der Waals surface area contributed by atoms with Crippen LogP contribution >= 0.6 is 0 Å². The van der Waals surface area contributed by atoms with Crippen molar-refractivity contribution in [3.05, 3.63) is 48.0 Å². The molecule has 2 aromatic carbocycles. The maximum Gasteiger partial charge on any atom is 0.244 e. The Labute approximate surface area is 205 Å². The Bertz CT molecular complexity index is 1150. The normalized spacial score (nSPS) is 13.1. The molecule has 190 valence electrons. The molecule has 2 amide bonds. The van der Waals surface area contributed by atoms with Gasteiger partial charge < -0.3 is 24.4 Å². The molecule has 0 saturated carbocycles. The van der Waals surface area contributed by atoms with Crippen LogP contribution in [0.5, 0.6) is 17.2 Å². The van der Waals surface area contributed by atoms with E-state index >= 15 is 0 Å². The Hall–Kier alpha value is -3.47. The number of anilines is 1. The Balaban J connectivity index is 1.95. The van der Waals surface area contributed by atoms with Gasteiger partial charge in [0.1, 0.15) is 18.3 Å². The number of nitrogens with zero attached hydrogens (tertiary/aromatic N) is 2. The Morgan fingerprint density at radius 3 is 2.37 bits per heavy atom. The fraction of sp³-hybridized carbons (Fsp3) is 0.417. The van der Waals surface area contributed by atoms with Crippen LogP contribution in [0.2, 0.25) is 0 Å². The minimum Gasteiger partial charge on any atom is -0.497 e. The summed E-state index contributed by atoms with van der Waals surface area (Å²) in [5.74, 6) is 0.514. The minimum atomic E-state index is -3.83. The summed E-state index contributed by atoms with van der Waals surface area (Å²) in [5, 5.41) is 2.59. The minimum absolute atomic E-state index is 0.0399. The van der Waals surface area contributed by atoms with Gasteiger partial charge in [-0.15, -0.1) is 0 Å². The summed E-state index contributed by atoms with van der Waals surface area (Å²) < 4.78 is 43.0. The van der Waals surface area contributed by atoms with Crippen molar-refractivity contribution in [2.45, 2.75) is 32.9 Å². The number of amides is 2. The van der Waals surface area contributed by atoms with E-state index in [1.54, 1.807) is 50.4 Å². The molecular formula is C24H31N3O7S. The van der Waals surface area contributed by atoms with Crippen molar-refractivity contribution in [1.29, 1.82) is 0 Å². The van der Waals surface area contributed by atoms with E-state index in [2.05, 4.69) is 5.32 Å². The van der Waals surface area contributed by atoms with Crippen LogP contribution in [-0.2, 0) is 26.2 Å². The zero-order chi connectivity index (χ0) is 25.6. The summed E-state index contributed by atoms with van der Waals surface area (Å²) >= 11 is 0. The van der Waals surface area contributed by atoms with Crippen LogP contribution in [0.3, 0.4) is 0 Å². The molecule has 1 heterocycles. The highest BCUT2D eigenvalue weighted by Gasteiger charge is 2.32. The number of hydrogen-bond acceptors (Lipinski definition) is 7. The quantitative estimate of drug-likeness (QED) is 0.498. The molecule has 35 heavy (non-hydrogen) atoms. The van der Waals surface area contributed by atoms with Crippen molar-refractivity contribution >= 4 is 27.5 Å². The van der Waals surface area contributed by atoms with Crippen LogP contribution in [0.25, 0.3) is 0 Å². The first kappa shape index (κ1) is 26.1. The van der Waals surface area contributed by atoms with Crippen molar-refractivity contribution in [3.8, 4) is 17.2 Å². The van der Waals surface area contributed by atoms with E-state index in [4.69, 9.17) is 14.2 Å². The highest BCUT2D eigenvalue weighted by Crippen LogP contribution is 2.36. The van der Waals surface area contributed by atoms with Gasteiger partial charge in [-0.3, -0.25) is 13.9 Å². The van der Waals surface area contributed by atoms with Gasteiger partial charge in [-0.25, -0.2) is 8.42 Å². The zero-order valence-corrected chi connectivity index (χ0v) is 21.1. The molecule has 10 nitrogen and oxygen atoms in total. The summed E-state index contributed by atoms with van der Waals surface area (Å²) in [6.45, 7) is 2.99. The van der Waals surface area contributed by atoms with Crippen LogP contribution in [0.4, 0.5) is 5.69 Å². The van der Waals surface area contributed by atoms with Crippen molar-refractivity contribution in [1.82, 2.24) is 10.2 Å².